The van der Waals surface area contributed by atoms with Crippen LogP contribution in [0.5, 0.6) is 0 Å². The highest BCUT2D eigenvalue weighted by Crippen LogP contribution is 2.37. The molecule has 2 saturated heterocycles. The summed E-state index contributed by atoms with van der Waals surface area (Å²) in [7, 11) is -0.575. The lowest BCUT2D eigenvalue weighted by Crippen LogP contribution is -2.48. The van der Waals surface area contributed by atoms with Crippen molar-refractivity contribution in [2.45, 2.75) is 38.9 Å². The fourth-order valence-corrected chi connectivity index (χ4v) is 3.84. The highest BCUT2D eigenvalue weighted by atomic mass is 35.5. The first-order valence-corrected chi connectivity index (χ1v) is 9.99. The number of carboxylic acid groups (broad SMARTS) is 1. The first-order valence-electron chi connectivity index (χ1n) is 9.62. The summed E-state index contributed by atoms with van der Waals surface area (Å²) in [5.41, 5.74) is 0.552. The number of hydrogen-bond acceptors (Lipinski definition) is 6. The molecule has 3 heterocycles. The van der Waals surface area contributed by atoms with Crippen LogP contribution in [-0.4, -0.2) is 70.6 Å². The molecule has 0 bridgehead atoms. The van der Waals surface area contributed by atoms with E-state index in [0.29, 0.717) is 31.2 Å². The predicted molar refractivity (Wildman–Crippen MR) is 112 cm³/mol. The standard InChI is InChI=1S/C19H24BClN4O4/c1-18(2)19(3,4)29-20(28-18)13-10-15-12(9-14(13)21)16(23-11-22-15)24-5-7-25(8-6-24)17(26)27/h9-11H,5-8H2,1-4H3,(H,26,27). The zero-order chi connectivity index (χ0) is 21.0. The van der Waals surface area contributed by atoms with Gasteiger partial charge in [-0.25, -0.2) is 14.8 Å². The van der Waals surface area contributed by atoms with Crippen LogP contribution in [0.25, 0.3) is 10.9 Å². The number of fused-ring (bicyclic) bond motifs is 1. The summed E-state index contributed by atoms with van der Waals surface area (Å²) in [5, 5.41) is 10.5. The summed E-state index contributed by atoms with van der Waals surface area (Å²) in [6.45, 7) is 9.99. The topological polar surface area (TPSA) is 88.0 Å². The highest BCUT2D eigenvalue weighted by Gasteiger charge is 2.52. The van der Waals surface area contributed by atoms with Crippen LogP contribution in [0.4, 0.5) is 10.6 Å². The van der Waals surface area contributed by atoms with Crippen molar-refractivity contribution >= 4 is 47.0 Å². The molecule has 0 unspecified atom stereocenters. The summed E-state index contributed by atoms with van der Waals surface area (Å²) in [6, 6.07) is 3.73. The summed E-state index contributed by atoms with van der Waals surface area (Å²) in [5.74, 6) is 0.752. The van der Waals surface area contributed by atoms with Gasteiger partial charge in [0.05, 0.1) is 16.7 Å². The van der Waals surface area contributed by atoms with Gasteiger partial charge in [-0.15, -0.1) is 0 Å². The third kappa shape index (κ3) is 3.51. The molecule has 0 atom stereocenters. The van der Waals surface area contributed by atoms with E-state index in [0.717, 1.165) is 22.2 Å². The lowest BCUT2D eigenvalue weighted by atomic mass is 9.78. The number of nitrogens with zero attached hydrogens (tertiary/aromatic N) is 4. The minimum absolute atomic E-state index is 0.431. The van der Waals surface area contributed by atoms with Crippen LogP contribution in [0.15, 0.2) is 18.5 Å². The average molecular weight is 419 g/mol. The van der Waals surface area contributed by atoms with Crippen molar-refractivity contribution in [3.05, 3.63) is 23.5 Å². The molecule has 2 aromatic rings. The first-order chi connectivity index (χ1) is 13.6. The Kier molecular flexibility index (Phi) is 4.87. The molecule has 0 aliphatic carbocycles. The van der Waals surface area contributed by atoms with Gasteiger partial charge in [-0.05, 0) is 39.8 Å². The molecule has 0 radical (unpaired) electrons. The zero-order valence-corrected chi connectivity index (χ0v) is 17.7. The maximum absolute atomic E-state index is 11.1. The maximum atomic E-state index is 11.1. The van der Waals surface area contributed by atoms with E-state index in [1.807, 2.05) is 39.8 Å². The maximum Gasteiger partial charge on any atom is 0.496 e. The second kappa shape index (κ2) is 7.00. The fraction of sp³-hybridized carbons (Fsp3) is 0.526. The lowest BCUT2D eigenvalue weighted by molar-refractivity contribution is 0.00578. The van der Waals surface area contributed by atoms with Crippen molar-refractivity contribution < 1.29 is 19.2 Å². The Morgan fingerprint density at radius 3 is 2.31 bits per heavy atom. The number of piperazine rings is 1. The van der Waals surface area contributed by atoms with E-state index < -0.39 is 24.4 Å². The van der Waals surface area contributed by atoms with Crippen LogP contribution in [0, 0.1) is 0 Å². The molecule has 1 N–H and O–H groups in total. The molecule has 0 spiro atoms. The number of carbonyl (C=O) groups is 1. The monoisotopic (exact) mass is 418 g/mol. The van der Waals surface area contributed by atoms with Crippen molar-refractivity contribution in [3.8, 4) is 0 Å². The van der Waals surface area contributed by atoms with Gasteiger partial charge in [0.1, 0.15) is 12.1 Å². The molecule has 10 heteroatoms. The van der Waals surface area contributed by atoms with Gasteiger partial charge in [0.25, 0.3) is 0 Å². The molecule has 2 aliphatic heterocycles. The Bertz CT molecular complexity index is 947. The molecular formula is C19H24BClN4O4. The largest absolute Gasteiger partial charge is 0.496 e. The Morgan fingerprint density at radius 1 is 1.10 bits per heavy atom. The minimum Gasteiger partial charge on any atom is -0.465 e. The van der Waals surface area contributed by atoms with Crippen molar-refractivity contribution in [1.82, 2.24) is 14.9 Å². The van der Waals surface area contributed by atoms with Crippen molar-refractivity contribution in [2.24, 2.45) is 0 Å². The number of hydrogen-bond donors (Lipinski definition) is 1. The van der Waals surface area contributed by atoms with Gasteiger partial charge in [-0.1, -0.05) is 11.6 Å². The number of amides is 1. The molecule has 1 aromatic heterocycles. The van der Waals surface area contributed by atoms with Crippen LogP contribution in [0.3, 0.4) is 0 Å². The summed E-state index contributed by atoms with van der Waals surface area (Å²) >= 11 is 6.63. The molecular weight excluding hydrogens is 394 g/mol. The number of anilines is 1. The molecule has 8 nitrogen and oxygen atoms in total. The van der Waals surface area contributed by atoms with Crippen LogP contribution < -0.4 is 10.4 Å². The molecule has 4 rings (SSSR count). The summed E-state index contributed by atoms with van der Waals surface area (Å²) in [4.78, 5) is 23.5. The van der Waals surface area contributed by atoms with Crippen LogP contribution in [0.2, 0.25) is 5.02 Å². The smallest absolute Gasteiger partial charge is 0.465 e. The van der Waals surface area contributed by atoms with Crippen LogP contribution in [0.1, 0.15) is 27.7 Å². The Morgan fingerprint density at radius 2 is 1.72 bits per heavy atom. The van der Waals surface area contributed by atoms with E-state index >= 15 is 0 Å². The first kappa shape index (κ1) is 20.2. The van der Waals surface area contributed by atoms with E-state index in [-0.39, 0.29) is 0 Å². The second-order valence-corrected chi connectivity index (χ2v) is 8.84. The van der Waals surface area contributed by atoms with E-state index in [1.54, 1.807) is 0 Å². The Labute approximate surface area is 174 Å². The minimum atomic E-state index is -0.896. The quantitative estimate of drug-likeness (QED) is 0.749. The normalized spacial score (nSPS) is 21.1. The molecule has 0 saturated carbocycles. The molecule has 154 valence electrons. The number of aromatic nitrogens is 2. The van der Waals surface area contributed by atoms with E-state index in [2.05, 4.69) is 14.9 Å². The van der Waals surface area contributed by atoms with Gasteiger partial charge >= 0.3 is 13.2 Å². The van der Waals surface area contributed by atoms with Gasteiger partial charge in [-0.2, -0.15) is 0 Å². The van der Waals surface area contributed by atoms with E-state index in [4.69, 9.17) is 26.0 Å². The van der Waals surface area contributed by atoms with Gasteiger partial charge in [0, 0.05) is 42.1 Å². The van der Waals surface area contributed by atoms with Crippen LogP contribution in [-0.2, 0) is 9.31 Å². The lowest BCUT2D eigenvalue weighted by Gasteiger charge is -2.34. The van der Waals surface area contributed by atoms with Gasteiger partial charge < -0.3 is 24.2 Å². The second-order valence-electron chi connectivity index (χ2n) is 8.43. The molecule has 1 aromatic carbocycles. The van der Waals surface area contributed by atoms with Crippen molar-refractivity contribution in [2.75, 3.05) is 31.1 Å². The van der Waals surface area contributed by atoms with Crippen molar-refractivity contribution in [3.63, 3.8) is 0 Å². The number of benzene rings is 1. The molecule has 1 amide bonds. The van der Waals surface area contributed by atoms with Crippen molar-refractivity contribution in [1.29, 1.82) is 0 Å². The molecule has 2 aliphatic rings. The van der Waals surface area contributed by atoms with Gasteiger partial charge in [-0.3, -0.25) is 0 Å². The van der Waals surface area contributed by atoms with E-state index in [9.17, 15) is 4.79 Å². The van der Waals surface area contributed by atoms with Gasteiger partial charge in [0.15, 0.2) is 0 Å². The van der Waals surface area contributed by atoms with Gasteiger partial charge in [0.2, 0.25) is 0 Å². The number of rotatable bonds is 2. The number of halogens is 1. The predicted octanol–water partition coefficient (Wildman–Crippen LogP) is 2.38. The molecule has 2 fully saturated rings. The summed E-state index contributed by atoms with van der Waals surface area (Å²) < 4.78 is 12.3. The van der Waals surface area contributed by atoms with Crippen LogP contribution >= 0.6 is 11.6 Å². The third-order valence-corrected chi connectivity index (χ3v) is 6.42. The Hall–Kier alpha value is -2.10. The third-order valence-electron chi connectivity index (χ3n) is 6.09. The fourth-order valence-electron chi connectivity index (χ4n) is 3.59. The highest BCUT2D eigenvalue weighted by molar-refractivity contribution is 6.66. The average Bonchev–Trinajstić information content (AvgIpc) is 2.88. The zero-order valence-electron chi connectivity index (χ0n) is 17.0. The SMILES string of the molecule is CC1(C)OB(c2cc3ncnc(N4CCN(C(=O)O)CC4)c3cc2Cl)OC1(C)C. The van der Waals surface area contributed by atoms with E-state index in [1.165, 1.54) is 11.2 Å². The Balaban J connectivity index is 1.66. The molecule has 29 heavy (non-hydrogen) atoms. The summed E-state index contributed by atoms with van der Waals surface area (Å²) in [6.07, 6.45) is 0.621.